The fourth-order valence-corrected chi connectivity index (χ4v) is 3.93. The molecule has 0 spiro atoms. The van der Waals surface area contributed by atoms with Crippen molar-refractivity contribution < 1.29 is 22.7 Å². The third-order valence-corrected chi connectivity index (χ3v) is 5.27. The van der Waals surface area contributed by atoms with Crippen LogP contribution < -0.4 is 5.73 Å². The topological polar surface area (TPSA) is 76.2 Å². The molecule has 3 N–H and O–H groups in total. The number of hydrogen-bond acceptors (Lipinski definition) is 5. The zero-order valence-electron chi connectivity index (χ0n) is 13.6. The van der Waals surface area contributed by atoms with Crippen LogP contribution in [0.4, 0.5) is 13.2 Å². The van der Waals surface area contributed by atoms with Crippen molar-refractivity contribution in [3.05, 3.63) is 41.6 Å². The zero-order valence-corrected chi connectivity index (χ0v) is 14.4. The van der Waals surface area contributed by atoms with Crippen molar-refractivity contribution >= 4 is 23.8 Å². The molecule has 0 saturated carbocycles. The molecule has 1 aromatic carbocycles. The van der Waals surface area contributed by atoms with Gasteiger partial charge in [-0.2, -0.15) is 13.2 Å². The first-order valence-corrected chi connectivity index (χ1v) is 8.43. The minimum absolute atomic E-state index is 0.251. The minimum atomic E-state index is -4.38. The molecule has 1 aromatic rings. The van der Waals surface area contributed by atoms with Crippen molar-refractivity contribution in [1.82, 2.24) is 0 Å². The Hall–Kier alpha value is -1.80. The molecular weight excluding hydrogens is 353 g/mol. The van der Waals surface area contributed by atoms with Gasteiger partial charge in [0, 0.05) is 21.9 Å². The van der Waals surface area contributed by atoms with Crippen LogP contribution in [0.3, 0.4) is 0 Å². The Balaban J connectivity index is 2.15. The number of alkyl halides is 3. The molecule has 0 aliphatic carbocycles. The van der Waals surface area contributed by atoms with E-state index in [1.54, 1.807) is 6.07 Å². The number of carbonyl (C=O) groups excluding carboxylic acids is 1. The van der Waals surface area contributed by atoms with E-state index in [1.807, 2.05) is 6.92 Å². The van der Waals surface area contributed by atoms with Crippen molar-refractivity contribution in [2.24, 2.45) is 5.73 Å². The lowest BCUT2D eigenvalue weighted by Gasteiger charge is -2.38. The highest BCUT2D eigenvalue weighted by atomic mass is 32.2. The number of allylic oxidation sites excluding steroid dienone is 1. The Bertz CT molecular complexity index is 691. The number of thioether (sulfide) groups is 1. The van der Waals surface area contributed by atoms with E-state index in [0.29, 0.717) is 30.6 Å². The van der Waals surface area contributed by atoms with Gasteiger partial charge in [-0.05, 0) is 44.0 Å². The van der Waals surface area contributed by atoms with Crippen LogP contribution in [0.2, 0.25) is 0 Å². The van der Waals surface area contributed by atoms with E-state index in [9.17, 15) is 18.0 Å². The van der Waals surface area contributed by atoms with E-state index in [2.05, 4.69) is 0 Å². The molecular formula is C17H19F3N2O2S. The fraction of sp³-hybridized carbons (Fsp3) is 0.412. The van der Waals surface area contributed by atoms with Gasteiger partial charge in [-0.25, -0.2) is 0 Å². The molecule has 2 rings (SSSR count). The number of carbonyl (C=O) groups is 1. The predicted octanol–water partition coefficient (Wildman–Crippen LogP) is 3.80. The van der Waals surface area contributed by atoms with Crippen LogP contribution in [-0.2, 0) is 15.7 Å². The number of aldehydes is 1. The summed E-state index contributed by atoms with van der Waals surface area (Å²) in [4.78, 5) is 11.1. The highest BCUT2D eigenvalue weighted by molar-refractivity contribution is 8.00. The van der Waals surface area contributed by atoms with Gasteiger partial charge in [-0.1, -0.05) is 6.07 Å². The Labute approximate surface area is 148 Å². The Morgan fingerprint density at radius 2 is 2.20 bits per heavy atom. The normalized spacial score (nSPS) is 24.8. The second kappa shape index (κ2) is 7.61. The van der Waals surface area contributed by atoms with E-state index in [-0.39, 0.29) is 16.2 Å². The Morgan fingerprint density at radius 1 is 1.48 bits per heavy atom. The van der Waals surface area contributed by atoms with Gasteiger partial charge in [-0.15, -0.1) is 11.8 Å². The van der Waals surface area contributed by atoms with Crippen molar-refractivity contribution in [3.8, 4) is 0 Å². The van der Waals surface area contributed by atoms with Gasteiger partial charge in [0.15, 0.2) is 6.29 Å². The van der Waals surface area contributed by atoms with Gasteiger partial charge in [0.1, 0.15) is 0 Å². The number of hydrogen-bond donors (Lipinski definition) is 2. The van der Waals surface area contributed by atoms with E-state index in [0.717, 1.165) is 12.1 Å². The number of halogens is 3. The second-order valence-electron chi connectivity index (χ2n) is 6.11. The Morgan fingerprint density at radius 3 is 2.84 bits per heavy atom. The molecule has 2 unspecified atom stereocenters. The molecule has 0 radical (unpaired) electrons. The van der Waals surface area contributed by atoms with E-state index in [4.69, 9.17) is 15.9 Å². The highest BCUT2D eigenvalue weighted by Crippen LogP contribution is 2.43. The largest absolute Gasteiger partial charge is 0.416 e. The van der Waals surface area contributed by atoms with Gasteiger partial charge in [0.25, 0.3) is 0 Å². The summed E-state index contributed by atoms with van der Waals surface area (Å²) in [5.74, 6) is 0. The lowest BCUT2D eigenvalue weighted by Crippen LogP contribution is -2.38. The van der Waals surface area contributed by atoms with Crippen LogP contribution in [0.15, 0.2) is 40.9 Å². The van der Waals surface area contributed by atoms with Gasteiger partial charge < -0.3 is 10.5 Å². The predicted molar refractivity (Wildman–Crippen MR) is 90.7 cm³/mol. The summed E-state index contributed by atoms with van der Waals surface area (Å²) in [6.45, 7) is 2.35. The van der Waals surface area contributed by atoms with Gasteiger partial charge >= 0.3 is 6.18 Å². The quantitative estimate of drug-likeness (QED) is 0.609. The number of rotatable bonds is 5. The lowest BCUT2D eigenvalue weighted by atomic mass is 9.94. The number of benzene rings is 1. The maximum Gasteiger partial charge on any atom is 0.416 e. The Kier molecular flexibility index (Phi) is 5.95. The summed E-state index contributed by atoms with van der Waals surface area (Å²) in [5.41, 5.74) is 5.24. The first-order chi connectivity index (χ1) is 11.6. The number of ether oxygens (including phenoxy) is 1. The van der Waals surface area contributed by atoms with E-state index in [1.165, 1.54) is 23.9 Å². The molecule has 8 heteroatoms. The molecule has 2 atom stereocenters. The molecule has 136 valence electrons. The molecule has 1 aliphatic heterocycles. The first kappa shape index (κ1) is 19.5. The summed E-state index contributed by atoms with van der Waals surface area (Å²) in [6.07, 6.45) is -2.09. The summed E-state index contributed by atoms with van der Waals surface area (Å²) < 4.78 is 43.8. The number of nitrogens with two attached hydrogens (primary N) is 1. The van der Waals surface area contributed by atoms with Crippen LogP contribution in [0.25, 0.3) is 0 Å². The van der Waals surface area contributed by atoms with Crippen molar-refractivity contribution in [1.29, 1.82) is 5.41 Å². The van der Waals surface area contributed by atoms with E-state index < -0.39 is 17.8 Å². The maximum absolute atomic E-state index is 12.9. The monoisotopic (exact) mass is 372 g/mol. The molecule has 1 aliphatic rings. The zero-order chi connectivity index (χ0) is 18.7. The smallest absolute Gasteiger partial charge is 0.400 e. The standard InChI is InChI=1S/C17H19F3N2O2S/c1-16(25-13-4-2-3-11(7-13)17(18,19)20)5-6-24-15(9-16)14(22)8-12(21)10-23/h2-4,7-8,10,15,21H,5-6,9,22H2,1H3/b14-8-,21-12?. The summed E-state index contributed by atoms with van der Waals surface area (Å²) in [5, 5.41) is 7.36. The summed E-state index contributed by atoms with van der Waals surface area (Å²) in [6, 6.07) is 5.23. The molecule has 1 heterocycles. The third kappa shape index (κ3) is 5.34. The molecule has 0 bridgehead atoms. The fourth-order valence-electron chi connectivity index (χ4n) is 2.60. The number of nitrogens with one attached hydrogen (secondary N) is 1. The minimum Gasteiger partial charge on any atom is -0.400 e. The van der Waals surface area contributed by atoms with E-state index >= 15 is 0 Å². The van der Waals surface area contributed by atoms with Gasteiger partial charge in [0.05, 0.1) is 17.4 Å². The molecule has 1 saturated heterocycles. The SMILES string of the molecule is CC1(Sc2cccc(C(F)(F)F)c2)CCOC(/C(N)=C/C(=N)C=O)C1. The molecule has 0 aromatic heterocycles. The first-order valence-electron chi connectivity index (χ1n) is 7.62. The van der Waals surface area contributed by atoms with Crippen molar-refractivity contribution in [3.63, 3.8) is 0 Å². The third-order valence-electron chi connectivity index (χ3n) is 3.91. The van der Waals surface area contributed by atoms with Crippen LogP contribution in [-0.4, -0.2) is 29.5 Å². The lowest BCUT2D eigenvalue weighted by molar-refractivity contribution is -0.137. The van der Waals surface area contributed by atoms with Crippen molar-refractivity contribution in [2.45, 2.75) is 41.7 Å². The average Bonchev–Trinajstić information content (AvgIpc) is 2.53. The average molecular weight is 372 g/mol. The van der Waals surface area contributed by atoms with Crippen LogP contribution in [0, 0.1) is 5.41 Å². The summed E-state index contributed by atoms with van der Waals surface area (Å²) >= 11 is 1.36. The van der Waals surface area contributed by atoms with Gasteiger partial charge in [0.2, 0.25) is 0 Å². The molecule has 4 nitrogen and oxygen atoms in total. The van der Waals surface area contributed by atoms with Gasteiger partial charge in [-0.3, -0.25) is 10.2 Å². The van der Waals surface area contributed by atoms with Crippen LogP contribution in [0.1, 0.15) is 25.3 Å². The molecule has 25 heavy (non-hydrogen) atoms. The molecule has 0 amide bonds. The maximum atomic E-state index is 12.9. The van der Waals surface area contributed by atoms with Crippen LogP contribution >= 0.6 is 11.8 Å². The second-order valence-corrected chi connectivity index (χ2v) is 7.77. The highest BCUT2D eigenvalue weighted by Gasteiger charge is 2.36. The summed E-state index contributed by atoms with van der Waals surface area (Å²) in [7, 11) is 0. The van der Waals surface area contributed by atoms with Crippen LogP contribution in [0.5, 0.6) is 0 Å². The van der Waals surface area contributed by atoms with Crippen molar-refractivity contribution in [2.75, 3.05) is 6.61 Å². The molecule has 1 fully saturated rings.